The van der Waals surface area contributed by atoms with Crippen LogP contribution < -0.4 is 5.32 Å². The minimum Gasteiger partial charge on any atom is -0.325 e. The average Bonchev–Trinajstić information content (AvgIpc) is 2.24. The number of rotatable bonds is 3. The molecule has 0 spiro atoms. The van der Waals surface area contributed by atoms with Crippen molar-refractivity contribution in [3.8, 4) is 0 Å². The van der Waals surface area contributed by atoms with Crippen LogP contribution in [0.4, 0.5) is 10.1 Å². The molecule has 0 aliphatic carbocycles. The Morgan fingerprint density at radius 1 is 1.41 bits per heavy atom. The Labute approximate surface area is 117 Å². The third-order valence-corrected chi connectivity index (χ3v) is 4.44. The third-order valence-electron chi connectivity index (χ3n) is 2.36. The summed E-state index contributed by atoms with van der Waals surface area (Å²) in [6.45, 7) is 5.69. The van der Waals surface area contributed by atoms with Crippen molar-refractivity contribution in [2.75, 3.05) is 5.32 Å². The standard InChI is InChI=1S/C12H14Br2FNO/c1-6(2)11(14)12(17)16-10-5-9(15)8(13)4-7(10)3/h4-6,11H,1-3H3,(H,16,17). The summed E-state index contributed by atoms with van der Waals surface area (Å²) in [6, 6.07) is 2.96. The Bertz CT molecular complexity index is 435. The molecule has 1 aromatic rings. The molecule has 1 amide bonds. The summed E-state index contributed by atoms with van der Waals surface area (Å²) in [7, 11) is 0. The lowest BCUT2D eigenvalue weighted by molar-refractivity contribution is -0.116. The van der Waals surface area contributed by atoms with E-state index in [1.165, 1.54) is 6.07 Å². The lowest BCUT2D eigenvalue weighted by atomic mass is 10.1. The van der Waals surface area contributed by atoms with Gasteiger partial charge in [0.1, 0.15) is 5.82 Å². The molecule has 0 radical (unpaired) electrons. The van der Waals surface area contributed by atoms with Crippen LogP contribution in [0.25, 0.3) is 0 Å². The number of anilines is 1. The zero-order valence-corrected chi connectivity index (χ0v) is 13.0. The average molecular weight is 367 g/mol. The van der Waals surface area contributed by atoms with Crippen molar-refractivity contribution in [2.24, 2.45) is 5.92 Å². The zero-order chi connectivity index (χ0) is 13.2. The molecule has 1 unspecified atom stereocenters. The van der Waals surface area contributed by atoms with E-state index < -0.39 is 0 Å². The van der Waals surface area contributed by atoms with Gasteiger partial charge in [0.25, 0.3) is 0 Å². The Morgan fingerprint density at radius 2 is 2.00 bits per heavy atom. The summed E-state index contributed by atoms with van der Waals surface area (Å²) >= 11 is 6.41. The molecule has 0 aliphatic rings. The second-order valence-corrected chi connectivity index (χ2v) is 6.06. The monoisotopic (exact) mass is 365 g/mol. The number of alkyl halides is 1. The molecule has 0 bridgehead atoms. The first-order chi connectivity index (χ1) is 7.82. The number of carbonyl (C=O) groups is 1. The highest BCUT2D eigenvalue weighted by Crippen LogP contribution is 2.25. The van der Waals surface area contributed by atoms with Crippen LogP contribution in [0, 0.1) is 18.7 Å². The third kappa shape index (κ3) is 3.78. The summed E-state index contributed by atoms with van der Waals surface area (Å²) in [5.41, 5.74) is 1.32. The van der Waals surface area contributed by atoms with Gasteiger partial charge in [0.15, 0.2) is 0 Å². The predicted molar refractivity (Wildman–Crippen MR) is 75.0 cm³/mol. The minimum atomic E-state index is -0.387. The van der Waals surface area contributed by atoms with E-state index in [2.05, 4.69) is 37.2 Å². The Morgan fingerprint density at radius 3 is 2.53 bits per heavy atom. The van der Waals surface area contributed by atoms with Crippen molar-refractivity contribution >= 4 is 43.5 Å². The summed E-state index contributed by atoms with van der Waals surface area (Å²) in [4.78, 5) is 11.5. The van der Waals surface area contributed by atoms with Gasteiger partial charge in [0, 0.05) is 5.69 Å². The molecule has 1 atom stereocenters. The number of halogens is 3. The van der Waals surface area contributed by atoms with Gasteiger partial charge in [-0.3, -0.25) is 4.79 Å². The molecule has 94 valence electrons. The molecule has 17 heavy (non-hydrogen) atoms. The first-order valence-corrected chi connectivity index (χ1v) is 6.94. The number of nitrogens with one attached hydrogen (secondary N) is 1. The lowest BCUT2D eigenvalue weighted by Crippen LogP contribution is -2.27. The lowest BCUT2D eigenvalue weighted by Gasteiger charge is -2.15. The van der Waals surface area contributed by atoms with E-state index >= 15 is 0 Å². The van der Waals surface area contributed by atoms with Crippen molar-refractivity contribution in [1.82, 2.24) is 0 Å². The SMILES string of the molecule is Cc1cc(Br)c(F)cc1NC(=O)C(Br)C(C)C. The molecule has 0 heterocycles. The van der Waals surface area contributed by atoms with E-state index in [0.717, 1.165) is 5.56 Å². The number of carbonyl (C=O) groups excluding carboxylic acids is 1. The number of aryl methyl sites for hydroxylation is 1. The van der Waals surface area contributed by atoms with Gasteiger partial charge in [-0.25, -0.2) is 4.39 Å². The van der Waals surface area contributed by atoms with Gasteiger partial charge in [0.05, 0.1) is 9.30 Å². The van der Waals surface area contributed by atoms with Crippen LogP contribution in [0.5, 0.6) is 0 Å². The largest absolute Gasteiger partial charge is 0.325 e. The summed E-state index contributed by atoms with van der Waals surface area (Å²) in [5, 5.41) is 2.71. The summed E-state index contributed by atoms with van der Waals surface area (Å²) in [6.07, 6.45) is 0. The van der Waals surface area contributed by atoms with Crippen molar-refractivity contribution in [2.45, 2.75) is 25.6 Å². The maximum absolute atomic E-state index is 13.4. The van der Waals surface area contributed by atoms with E-state index in [1.807, 2.05) is 20.8 Å². The molecule has 1 N–H and O–H groups in total. The predicted octanol–water partition coefficient (Wildman–Crippen LogP) is 4.25. The molecule has 0 saturated carbocycles. The van der Waals surface area contributed by atoms with Crippen LogP contribution in [-0.2, 0) is 4.79 Å². The molecule has 0 saturated heterocycles. The number of benzene rings is 1. The van der Waals surface area contributed by atoms with Crippen LogP contribution in [0.3, 0.4) is 0 Å². The fourth-order valence-corrected chi connectivity index (χ4v) is 1.86. The Balaban J connectivity index is 2.89. The number of amides is 1. The van der Waals surface area contributed by atoms with Crippen LogP contribution in [-0.4, -0.2) is 10.7 Å². The topological polar surface area (TPSA) is 29.1 Å². The van der Waals surface area contributed by atoms with Crippen molar-refractivity contribution < 1.29 is 9.18 Å². The first-order valence-electron chi connectivity index (χ1n) is 5.23. The van der Waals surface area contributed by atoms with Crippen molar-refractivity contribution in [1.29, 1.82) is 0 Å². The van der Waals surface area contributed by atoms with Gasteiger partial charge in [0.2, 0.25) is 5.91 Å². The van der Waals surface area contributed by atoms with E-state index in [4.69, 9.17) is 0 Å². The van der Waals surface area contributed by atoms with E-state index in [0.29, 0.717) is 10.2 Å². The van der Waals surface area contributed by atoms with Gasteiger partial charge in [-0.15, -0.1) is 0 Å². The second kappa shape index (κ2) is 5.96. The molecule has 0 fully saturated rings. The number of hydrogen-bond acceptors (Lipinski definition) is 1. The normalized spacial score (nSPS) is 12.6. The quantitative estimate of drug-likeness (QED) is 0.796. The molecular formula is C12H14Br2FNO. The Hall–Kier alpha value is -0.420. The summed E-state index contributed by atoms with van der Waals surface area (Å²) in [5.74, 6) is -0.373. The summed E-state index contributed by atoms with van der Waals surface area (Å²) < 4.78 is 13.8. The van der Waals surface area contributed by atoms with Crippen LogP contribution >= 0.6 is 31.9 Å². The molecule has 0 aromatic heterocycles. The number of hydrogen-bond donors (Lipinski definition) is 1. The van der Waals surface area contributed by atoms with Crippen LogP contribution in [0.2, 0.25) is 0 Å². The first kappa shape index (κ1) is 14.6. The fourth-order valence-electron chi connectivity index (χ4n) is 1.29. The molecule has 1 aromatic carbocycles. The van der Waals surface area contributed by atoms with E-state index in [1.54, 1.807) is 6.07 Å². The van der Waals surface area contributed by atoms with E-state index in [9.17, 15) is 9.18 Å². The maximum atomic E-state index is 13.4. The molecule has 1 rings (SSSR count). The molecule has 5 heteroatoms. The zero-order valence-electron chi connectivity index (χ0n) is 9.85. The van der Waals surface area contributed by atoms with Gasteiger partial charge in [-0.1, -0.05) is 29.8 Å². The maximum Gasteiger partial charge on any atom is 0.238 e. The fraction of sp³-hybridized carbons (Fsp3) is 0.417. The van der Waals surface area contributed by atoms with Gasteiger partial charge in [-0.2, -0.15) is 0 Å². The van der Waals surface area contributed by atoms with Crippen molar-refractivity contribution in [3.05, 3.63) is 28.0 Å². The van der Waals surface area contributed by atoms with Gasteiger partial charge in [-0.05, 0) is 46.5 Å². The highest BCUT2D eigenvalue weighted by Gasteiger charge is 2.19. The van der Waals surface area contributed by atoms with Crippen LogP contribution in [0.1, 0.15) is 19.4 Å². The van der Waals surface area contributed by atoms with Gasteiger partial charge >= 0.3 is 0 Å². The highest BCUT2D eigenvalue weighted by molar-refractivity contribution is 9.10. The van der Waals surface area contributed by atoms with E-state index in [-0.39, 0.29) is 22.5 Å². The van der Waals surface area contributed by atoms with Crippen molar-refractivity contribution in [3.63, 3.8) is 0 Å². The highest BCUT2D eigenvalue weighted by atomic mass is 79.9. The minimum absolute atomic E-state index is 0.162. The molecular weight excluding hydrogens is 353 g/mol. The van der Waals surface area contributed by atoms with Crippen LogP contribution in [0.15, 0.2) is 16.6 Å². The Kier molecular flexibility index (Phi) is 5.13. The molecule has 2 nitrogen and oxygen atoms in total. The molecule has 0 aliphatic heterocycles. The smallest absolute Gasteiger partial charge is 0.238 e. The second-order valence-electron chi connectivity index (χ2n) is 4.22. The van der Waals surface area contributed by atoms with Gasteiger partial charge < -0.3 is 5.32 Å².